The first kappa shape index (κ1) is 20.2. The van der Waals surface area contributed by atoms with Crippen molar-refractivity contribution in [1.29, 1.82) is 0 Å². The van der Waals surface area contributed by atoms with Crippen molar-refractivity contribution >= 4 is 33.4 Å². The number of pyridine rings is 1. The van der Waals surface area contributed by atoms with Gasteiger partial charge < -0.3 is 19.4 Å². The first-order valence-corrected chi connectivity index (χ1v) is 10.8. The molecule has 1 saturated carbocycles. The van der Waals surface area contributed by atoms with Gasteiger partial charge in [-0.15, -0.1) is 0 Å². The van der Waals surface area contributed by atoms with E-state index in [2.05, 4.69) is 26.2 Å². The van der Waals surface area contributed by atoms with E-state index in [1.807, 2.05) is 50.4 Å². The van der Waals surface area contributed by atoms with Crippen LogP contribution in [0.5, 0.6) is 0 Å². The second-order valence-electron chi connectivity index (χ2n) is 9.13. The molecule has 1 aliphatic heterocycles. The number of fused-ring (bicyclic) bond motifs is 3. The van der Waals surface area contributed by atoms with E-state index in [0.717, 1.165) is 22.2 Å². The molecule has 0 aromatic carbocycles. The van der Waals surface area contributed by atoms with E-state index in [9.17, 15) is 9.59 Å². The number of ether oxygens (including phenoxy) is 1. The Morgan fingerprint density at radius 1 is 1.31 bits per heavy atom. The van der Waals surface area contributed by atoms with E-state index in [0.29, 0.717) is 13.1 Å². The van der Waals surface area contributed by atoms with Crippen LogP contribution >= 0.6 is 15.9 Å². The highest BCUT2D eigenvalue weighted by atomic mass is 79.9. The molecule has 1 N–H and O–H groups in total. The van der Waals surface area contributed by atoms with Gasteiger partial charge in [0, 0.05) is 29.7 Å². The van der Waals surface area contributed by atoms with Gasteiger partial charge in [0.2, 0.25) is 5.91 Å². The number of nitrogens with zero attached hydrogens (tertiary/aromatic N) is 3. The van der Waals surface area contributed by atoms with E-state index < -0.39 is 5.60 Å². The Hall–Kier alpha value is -2.09. The molecule has 8 heteroatoms. The quantitative estimate of drug-likeness (QED) is 0.752. The van der Waals surface area contributed by atoms with Crippen molar-refractivity contribution in [3.63, 3.8) is 0 Å². The van der Waals surface area contributed by atoms with Gasteiger partial charge in [0.05, 0.1) is 17.8 Å². The fourth-order valence-electron chi connectivity index (χ4n) is 4.49. The normalized spacial score (nSPS) is 24.7. The van der Waals surface area contributed by atoms with Crippen molar-refractivity contribution in [1.82, 2.24) is 19.6 Å². The molecular formula is C21H27BrN4O3. The number of hydrogen-bond acceptors (Lipinski definition) is 4. The van der Waals surface area contributed by atoms with Crippen LogP contribution in [0.15, 0.2) is 29.0 Å². The predicted octanol–water partition coefficient (Wildman–Crippen LogP) is 3.78. The molecule has 1 saturated heterocycles. The summed E-state index contributed by atoms with van der Waals surface area (Å²) in [4.78, 5) is 31.5. The number of likely N-dealkylation sites (tertiary alicyclic amines) is 1. The highest BCUT2D eigenvalue weighted by Crippen LogP contribution is 2.46. The minimum atomic E-state index is -0.507. The Balaban J connectivity index is 1.39. The number of aromatic nitrogens is 2. The summed E-state index contributed by atoms with van der Waals surface area (Å²) >= 11 is 3.53. The molecule has 2 amide bonds. The highest BCUT2D eigenvalue weighted by Gasteiger charge is 2.52. The zero-order valence-corrected chi connectivity index (χ0v) is 18.8. The smallest absolute Gasteiger partial charge is 0.410 e. The van der Waals surface area contributed by atoms with Crippen LogP contribution in [0.25, 0.3) is 5.52 Å². The molecule has 7 nitrogen and oxygen atoms in total. The monoisotopic (exact) mass is 462 g/mol. The van der Waals surface area contributed by atoms with Gasteiger partial charge in [-0.2, -0.15) is 0 Å². The van der Waals surface area contributed by atoms with Crippen LogP contribution in [0.2, 0.25) is 0 Å². The standard InChI is InChI=1S/C21H27BrN4O3/c1-12(18-23-9-16-15(22)6-5-7-26(16)18)24-19(27)17-13-8-14(17)11-25(10-13)20(28)29-21(2,3)4/h5-7,9,12-14,17H,8,10-11H2,1-4H3,(H,24,27)/t12-,13-,14+,17?/m1/s1. The molecule has 2 aromatic rings. The second-order valence-corrected chi connectivity index (χ2v) is 9.98. The van der Waals surface area contributed by atoms with E-state index in [1.165, 1.54) is 0 Å². The summed E-state index contributed by atoms with van der Waals surface area (Å²) in [6.07, 6.45) is 4.46. The van der Waals surface area contributed by atoms with Gasteiger partial charge in [-0.3, -0.25) is 4.79 Å². The number of imidazole rings is 1. The summed E-state index contributed by atoms with van der Waals surface area (Å²) in [5.74, 6) is 1.19. The van der Waals surface area contributed by atoms with E-state index in [-0.39, 0.29) is 35.8 Å². The van der Waals surface area contributed by atoms with Gasteiger partial charge in [0.25, 0.3) is 0 Å². The molecule has 4 atom stereocenters. The fourth-order valence-corrected chi connectivity index (χ4v) is 4.94. The molecule has 1 aliphatic carbocycles. The Kier molecular flexibility index (Phi) is 5.09. The maximum atomic E-state index is 13.0. The summed E-state index contributed by atoms with van der Waals surface area (Å²) < 4.78 is 8.43. The van der Waals surface area contributed by atoms with E-state index >= 15 is 0 Å². The average Bonchev–Trinajstić information content (AvgIpc) is 3.05. The lowest BCUT2D eigenvalue weighted by atomic mass is 9.61. The van der Waals surface area contributed by atoms with Crippen LogP contribution in [0.1, 0.15) is 46.0 Å². The number of halogens is 1. The number of amides is 2. The number of hydrogen-bond donors (Lipinski definition) is 1. The average molecular weight is 463 g/mol. The Labute approximate surface area is 178 Å². The molecule has 3 heterocycles. The first-order valence-electron chi connectivity index (χ1n) is 10.0. The molecule has 1 unspecified atom stereocenters. The Bertz CT molecular complexity index is 939. The van der Waals surface area contributed by atoms with Gasteiger partial charge in [-0.25, -0.2) is 9.78 Å². The molecule has 2 aromatic heterocycles. The lowest BCUT2D eigenvalue weighted by molar-refractivity contribution is -0.142. The van der Waals surface area contributed by atoms with Crippen molar-refractivity contribution in [2.24, 2.45) is 17.8 Å². The van der Waals surface area contributed by atoms with Crippen LogP contribution in [0.3, 0.4) is 0 Å². The first-order chi connectivity index (χ1) is 13.6. The Morgan fingerprint density at radius 3 is 2.66 bits per heavy atom. The van der Waals surface area contributed by atoms with Gasteiger partial charge in [0.15, 0.2) is 0 Å². The number of piperidine rings is 2. The zero-order chi connectivity index (χ0) is 20.9. The predicted molar refractivity (Wildman–Crippen MR) is 112 cm³/mol. The zero-order valence-electron chi connectivity index (χ0n) is 17.2. The van der Waals surface area contributed by atoms with E-state index in [4.69, 9.17) is 4.74 Å². The number of rotatable bonds is 3. The minimum absolute atomic E-state index is 0.0471. The van der Waals surface area contributed by atoms with Crippen LogP contribution in [-0.4, -0.2) is 45.0 Å². The fraction of sp³-hybridized carbons (Fsp3) is 0.571. The molecule has 156 valence electrons. The summed E-state index contributed by atoms with van der Waals surface area (Å²) in [6, 6.07) is 3.71. The maximum Gasteiger partial charge on any atom is 0.410 e. The number of carbonyl (C=O) groups is 2. The minimum Gasteiger partial charge on any atom is -0.444 e. The van der Waals surface area contributed by atoms with Crippen LogP contribution in [0.4, 0.5) is 4.79 Å². The summed E-state index contributed by atoms with van der Waals surface area (Å²) in [7, 11) is 0. The molecule has 2 bridgehead atoms. The molecule has 29 heavy (non-hydrogen) atoms. The molecule has 2 aliphatic rings. The van der Waals surface area contributed by atoms with Crippen molar-refractivity contribution in [3.05, 3.63) is 34.8 Å². The Morgan fingerprint density at radius 2 is 2.00 bits per heavy atom. The number of nitrogens with one attached hydrogen (secondary N) is 1. The van der Waals surface area contributed by atoms with Gasteiger partial charge in [0.1, 0.15) is 11.4 Å². The third-order valence-corrected chi connectivity index (χ3v) is 6.45. The number of carbonyl (C=O) groups excluding carboxylic acids is 2. The van der Waals surface area contributed by atoms with Gasteiger partial charge in [-0.1, -0.05) is 0 Å². The molecule has 0 spiro atoms. The van der Waals surface area contributed by atoms with Gasteiger partial charge in [-0.05, 0) is 74.0 Å². The topological polar surface area (TPSA) is 75.9 Å². The third kappa shape index (κ3) is 3.86. The summed E-state index contributed by atoms with van der Waals surface area (Å²) in [6.45, 7) is 8.71. The highest BCUT2D eigenvalue weighted by molar-refractivity contribution is 9.10. The van der Waals surface area contributed by atoms with Gasteiger partial charge >= 0.3 is 6.09 Å². The van der Waals surface area contributed by atoms with Crippen molar-refractivity contribution in [2.75, 3.05) is 13.1 Å². The van der Waals surface area contributed by atoms with Crippen LogP contribution < -0.4 is 5.32 Å². The lowest BCUT2D eigenvalue weighted by Gasteiger charge is -2.52. The molecule has 2 fully saturated rings. The van der Waals surface area contributed by atoms with Crippen molar-refractivity contribution in [2.45, 2.75) is 45.8 Å². The van der Waals surface area contributed by atoms with E-state index in [1.54, 1.807) is 11.1 Å². The summed E-state index contributed by atoms with van der Waals surface area (Å²) in [5.41, 5.74) is 0.463. The SMILES string of the molecule is C[C@@H](NC(=O)C1[C@@H]2C[C@H]1CN(C(=O)OC(C)(C)C)C2)c1ncc2c(Br)cccn12. The molecule has 4 rings (SSSR count). The second kappa shape index (κ2) is 7.31. The summed E-state index contributed by atoms with van der Waals surface area (Å²) in [5, 5.41) is 3.13. The van der Waals surface area contributed by atoms with Crippen LogP contribution in [-0.2, 0) is 9.53 Å². The van der Waals surface area contributed by atoms with Crippen molar-refractivity contribution in [3.8, 4) is 0 Å². The largest absolute Gasteiger partial charge is 0.444 e. The molecular weight excluding hydrogens is 436 g/mol. The van der Waals surface area contributed by atoms with Crippen LogP contribution in [0, 0.1) is 17.8 Å². The van der Waals surface area contributed by atoms with Crippen molar-refractivity contribution < 1.29 is 14.3 Å². The third-order valence-electron chi connectivity index (χ3n) is 5.78. The molecule has 0 radical (unpaired) electrons. The maximum absolute atomic E-state index is 13.0. The lowest BCUT2D eigenvalue weighted by Crippen LogP contribution is -2.61.